The second-order valence-corrected chi connectivity index (χ2v) is 9.31. The fraction of sp³-hybridized carbons (Fsp3) is 0.333. The molecule has 2 aromatic carbocycles. The number of hydrogen-bond donors (Lipinski definition) is 0. The number of thiazole rings is 1. The van der Waals surface area contributed by atoms with Gasteiger partial charge in [-0.2, -0.15) is 16.8 Å². The maximum absolute atomic E-state index is 12.5. The maximum Gasteiger partial charge on any atom is 0.249 e. The average molecular weight is 449 g/mol. The van der Waals surface area contributed by atoms with Gasteiger partial charge in [-0.15, -0.1) is 11.8 Å². The third kappa shape index (κ3) is 5.81. The van der Waals surface area contributed by atoms with Crippen LogP contribution in [0.4, 0.5) is 0 Å². The summed E-state index contributed by atoms with van der Waals surface area (Å²) >= 11 is 4.96. The van der Waals surface area contributed by atoms with Crippen molar-refractivity contribution in [3.63, 3.8) is 0 Å². The lowest BCUT2D eigenvalue weighted by atomic mass is 10.3. The minimum atomic E-state index is -0.0950. The predicted octanol–water partition coefficient (Wildman–Crippen LogP) is 4.69. The number of amides is 1. The van der Waals surface area contributed by atoms with Gasteiger partial charge in [-0.25, -0.2) is 0 Å². The van der Waals surface area contributed by atoms with Crippen molar-refractivity contribution >= 4 is 51.0 Å². The van der Waals surface area contributed by atoms with E-state index in [9.17, 15) is 4.79 Å². The van der Waals surface area contributed by atoms with Crippen LogP contribution < -0.4 is 14.3 Å². The van der Waals surface area contributed by atoms with E-state index in [0.29, 0.717) is 12.2 Å². The lowest BCUT2D eigenvalue weighted by molar-refractivity contribution is -0.117. The first-order valence-electron chi connectivity index (χ1n) is 9.15. The first-order chi connectivity index (χ1) is 14.1. The number of methoxy groups -OCH3 is 2. The van der Waals surface area contributed by atoms with E-state index in [-0.39, 0.29) is 5.91 Å². The standard InChI is InChI=1S/C21H24N2O3S3/c1-25-15-4-7-17(8-5-15)28-12-10-20(24)22-21-23(11-13-27-3)18-9-6-16(26-2)14-19(18)29-21/h4-9,14H,10-13H2,1-3H3. The van der Waals surface area contributed by atoms with E-state index in [1.165, 1.54) is 11.3 Å². The number of carbonyl (C=O) groups excluding carboxylic acids is 1. The molecule has 0 N–H and O–H groups in total. The zero-order valence-corrected chi connectivity index (χ0v) is 19.2. The SMILES string of the molecule is COc1ccc(SCCC(=O)N=c2sc3cc(OC)ccc3n2CCSC)cc1. The Bertz CT molecular complexity index is 1030. The lowest BCUT2D eigenvalue weighted by Gasteiger charge is -2.05. The van der Waals surface area contributed by atoms with Crippen molar-refractivity contribution in [3.05, 3.63) is 47.3 Å². The zero-order valence-electron chi connectivity index (χ0n) is 16.7. The second-order valence-electron chi connectivity index (χ2n) is 6.14. The van der Waals surface area contributed by atoms with Crippen molar-refractivity contribution < 1.29 is 14.3 Å². The van der Waals surface area contributed by atoms with Crippen LogP contribution in [0.2, 0.25) is 0 Å². The van der Waals surface area contributed by atoms with E-state index in [4.69, 9.17) is 9.47 Å². The number of benzene rings is 2. The highest BCUT2D eigenvalue weighted by molar-refractivity contribution is 7.99. The molecule has 0 saturated carbocycles. The number of fused-ring (bicyclic) bond motifs is 1. The van der Waals surface area contributed by atoms with Crippen molar-refractivity contribution in [2.24, 2.45) is 4.99 Å². The largest absolute Gasteiger partial charge is 0.497 e. The van der Waals surface area contributed by atoms with E-state index in [1.54, 1.807) is 37.7 Å². The average Bonchev–Trinajstić information content (AvgIpc) is 3.08. The number of nitrogens with zero attached hydrogens (tertiary/aromatic N) is 2. The number of carbonyl (C=O) groups is 1. The summed E-state index contributed by atoms with van der Waals surface area (Å²) in [7, 11) is 3.31. The summed E-state index contributed by atoms with van der Waals surface area (Å²) in [5.74, 6) is 3.20. The van der Waals surface area contributed by atoms with E-state index >= 15 is 0 Å². The Morgan fingerprint density at radius 2 is 1.79 bits per heavy atom. The molecule has 1 aromatic heterocycles. The van der Waals surface area contributed by atoms with Crippen molar-refractivity contribution in [3.8, 4) is 11.5 Å². The summed E-state index contributed by atoms with van der Waals surface area (Å²) in [6.45, 7) is 0.820. The molecule has 8 heteroatoms. The molecule has 0 spiro atoms. The molecule has 0 fully saturated rings. The molecule has 0 unspecified atom stereocenters. The summed E-state index contributed by atoms with van der Waals surface area (Å²) in [5.41, 5.74) is 1.09. The van der Waals surface area contributed by atoms with Crippen molar-refractivity contribution in [1.29, 1.82) is 0 Å². The molecule has 5 nitrogen and oxygen atoms in total. The quantitative estimate of drug-likeness (QED) is 0.445. The van der Waals surface area contributed by atoms with Gasteiger partial charge in [0.15, 0.2) is 4.80 Å². The van der Waals surface area contributed by atoms with Crippen LogP contribution in [0.3, 0.4) is 0 Å². The first-order valence-corrected chi connectivity index (χ1v) is 12.3. The van der Waals surface area contributed by atoms with Gasteiger partial charge in [0, 0.05) is 29.4 Å². The molecular formula is C21H24N2O3S3. The van der Waals surface area contributed by atoms with Gasteiger partial charge in [0.2, 0.25) is 5.91 Å². The second kappa shape index (κ2) is 10.8. The maximum atomic E-state index is 12.5. The van der Waals surface area contributed by atoms with Gasteiger partial charge in [0.05, 0.1) is 24.4 Å². The number of thioether (sulfide) groups is 2. The van der Waals surface area contributed by atoms with Gasteiger partial charge in [-0.05, 0) is 48.7 Å². The summed E-state index contributed by atoms with van der Waals surface area (Å²) < 4.78 is 13.7. The van der Waals surface area contributed by atoms with E-state index in [2.05, 4.69) is 15.8 Å². The van der Waals surface area contributed by atoms with Crippen LogP contribution in [-0.4, -0.2) is 42.5 Å². The predicted molar refractivity (Wildman–Crippen MR) is 124 cm³/mol. The fourth-order valence-electron chi connectivity index (χ4n) is 2.76. The van der Waals surface area contributed by atoms with Gasteiger partial charge in [-0.3, -0.25) is 4.79 Å². The molecular weight excluding hydrogens is 424 g/mol. The fourth-order valence-corrected chi connectivity index (χ4v) is 5.06. The number of rotatable bonds is 9. The van der Waals surface area contributed by atoms with Crippen molar-refractivity contribution in [1.82, 2.24) is 4.57 Å². The smallest absolute Gasteiger partial charge is 0.249 e. The summed E-state index contributed by atoms with van der Waals surface area (Å²) in [6, 6.07) is 13.8. The summed E-state index contributed by atoms with van der Waals surface area (Å²) in [4.78, 5) is 18.8. The van der Waals surface area contributed by atoms with Crippen molar-refractivity contribution in [2.75, 3.05) is 32.0 Å². The van der Waals surface area contributed by atoms with Crippen molar-refractivity contribution in [2.45, 2.75) is 17.9 Å². The molecule has 0 aliphatic rings. The molecule has 0 aliphatic heterocycles. The molecule has 0 atom stereocenters. The highest BCUT2D eigenvalue weighted by atomic mass is 32.2. The molecule has 3 rings (SSSR count). The van der Waals surface area contributed by atoms with Crippen LogP contribution in [0.25, 0.3) is 10.2 Å². The highest BCUT2D eigenvalue weighted by Crippen LogP contribution is 2.24. The number of aryl methyl sites for hydroxylation is 1. The van der Waals surface area contributed by atoms with Gasteiger partial charge in [-0.1, -0.05) is 11.3 Å². The van der Waals surface area contributed by atoms with E-state index in [0.717, 1.165) is 43.7 Å². The van der Waals surface area contributed by atoms with E-state index < -0.39 is 0 Å². The van der Waals surface area contributed by atoms with Gasteiger partial charge in [0.1, 0.15) is 11.5 Å². The topological polar surface area (TPSA) is 52.8 Å². The molecule has 1 heterocycles. The zero-order chi connectivity index (χ0) is 20.6. The lowest BCUT2D eigenvalue weighted by Crippen LogP contribution is -2.18. The molecule has 0 radical (unpaired) electrons. The van der Waals surface area contributed by atoms with Gasteiger partial charge >= 0.3 is 0 Å². The number of hydrogen-bond acceptors (Lipinski definition) is 6. The Balaban J connectivity index is 1.73. The third-order valence-corrected chi connectivity index (χ3v) is 6.92. The molecule has 0 aliphatic carbocycles. The Hall–Kier alpha value is -1.90. The highest BCUT2D eigenvalue weighted by Gasteiger charge is 2.09. The Kier molecular flexibility index (Phi) is 8.09. The minimum Gasteiger partial charge on any atom is -0.497 e. The first kappa shape index (κ1) is 21.8. The van der Waals surface area contributed by atoms with Gasteiger partial charge < -0.3 is 14.0 Å². The van der Waals surface area contributed by atoms with E-state index in [1.807, 2.05) is 42.5 Å². The molecule has 0 bridgehead atoms. The van der Waals surface area contributed by atoms with Crippen LogP contribution >= 0.6 is 34.9 Å². The Morgan fingerprint density at radius 1 is 1.07 bits per heavy atom. The monoisotopic (exact) mass is 448 g/mol. The number of aromatic nitrogens is 1. The molecule has 3 aromatic rings. The summed E-state index contributed by atoms with van der Waals surface area (Å²) in [5, 5.41) is 0. The minimum absolute atomic E-state index is 0.0950. The van der Waals surface area contributed by atoms with Crippen LogP contribution in [-0.2, 0) is 11.3 Å². The normalized spacial score (nSPS) is 11.8. The molecule has 0 saturated heterocycles. The molecule has 154 valence electrons. The Labute approximate surface area is 183 Å². The Morgan fingerprint density at radius 3 is 2.48 bits per heavy atom. The van der Waals surface area contributed by atoms with Crippen LogP contribution in [0.5, 0.6) is 11.5 Å². The summed E-state index contributed by atoms with van der Waals surface area (Å²) in [6.07, 6.45) is 2.48. The molecule has 29 heavy (non-hydrogen) atoms. The van der Waals surface area contributed by atoms with Crippen LogP contribution in [0.15, 0.2) is 52.4 Å². The molecule has 1 amide bonds. The van der Waals surface area contributed by atoms with Gasteiger partial charge in [0.25, 0.3) is 0 Å². The van der Waals surface area contributed by atoms with Crippen LogP contribution in [0, 0.1) is 0 Å². The third-order valence-electron chi connectivity index (χ3n) is 4.27. The van der Waals surface area contributed by atoms with Crippen LogP contribution in [0.1, 0.15) is 6.42 Å². The number of ether oxygens (including phenoxy) is 2.